The molecule has 0 fully saturated rings. The summed E-state index contributed by atoms with van der Waals surface area (Å²) in [5.74, 6) is 0.972. The molecule has 0 bridgehead atoms. The van der Waals surface area contributed by atoms with Crippen molar-refractivity contribution in [1.29, 1.82) is 0 Å². The average Bonchev–Trinajstić information content (AvgIpc) is 3.02. The van der Waals surface area contributed by atoms with Gasteiger partial charge in [0.1, 0.15) is 17.2 Å². The van der Waals surface area contributed by atoms with Gasteiger partial charge in [-0.15, -0.1) is 0 Å². The van der Waals surface area contributed by atoms with Crippen molar-refractivity contribution in [2.45, 2.75) is 5.60 Å². The summed E-state index contributed by atoms with van der Waals surface area (Å²) in [7, 11) is 3.25. The molecule has 0 saturated carbocycles. The van der Waals surface area contributed by atoms with Crippen LogP contribution in [0.1, 0.15) is 16.7 Å². The van der Waals surface area contributed by atoms with Crippen LogP contribution in [-0.4, -0.2) is 34.6 Å². The Hall–Kier alpha value is -5.56. The molecule has 0 saturated heterocycles. The Labute approximate surface area is 240 Å². The highest BCUT2D eigenvalue weighted by Crippen LogP contribution is 2.48. The molecule has 7 rings (SSSR count). The minimum absolute atomic E-state index is 0.256. The van der Waals surface area contributed by atoms with Gasteiger partial charge in [-0.05, 0) is 99.1 Å². The standard InChI is InChI=1S/C35H26O7/c1-40-22-7-3-20(4-8-22)35(21-5-9-23(41-2)10-6-21)12-11-19-13-24-25-14-30(36)31(37)15-26(25)27-16-32(38)33(39)17-28(27)29(24)18-34(19)42-35/h3-18,36-39H,1-2H3. The summed E-state index contributed by atoms with van der Waals surface area (Å²) in [6, 6.07) is 25.3. The zero-order chi connectivity index (χ0) is 29.2. The van der Waals surface area contributed by atoms with Crippen molar-refractivity contribution in [1.82, 2.24) is 0 Å². The third kappa shape index (κ3) is 3.74. The van der Waals surface area contributed by atoms with E-state index >= 15 is 0 Å². The Morgan fingerprint density at radius 2 is 0.905 bits per heavy atom. The molecule has 1 aliphatic rings. The average molecular weight is 559 g/mol. The van der Waals surface area contributed by atoms with Crippen LogP contribution in [0.3, 0.4) is 0 Å². The minimum atomic E-state index is -0.976. The van der Waals surface area contributed by atoms with Crippen molar-refractivity contribution in [3.8, 4) is 40.2 Å². The number of benzene rings is 6. The number of hydrogen-bond donors (Lipinski definition) is 4. The van der Waals surface area contributed by atoms with Gasteiger partial charge in [-0.3, -0.25) is 0 Å². The summed E-state index contributed by atoms with van der Waals surface area (Å²) >= 11 is 0. The summed E-state index contributed by atoms with van der Waals surface area (Å²) in [4.78, 5) is 0. The second-order valence-electron chi connectivity index (χ2n) is 10.3. The van der Waals surface area contributed by atoms with Gasteiger partial charge in [-0.2, -0.15) is 0 Å². The molecule has 42 heavy (non-hydrogen) atoms. The van der Waals surface area contributed by atoms with Gasteiger partial charge in [-0.1, -0.05) is 30.3 Å². The fourth-order valence-corrected chi connectivity index (χ4v) is 5.87. The summed E-state index contributed by atoms with van der Waals surface area (Å²) < 4.78 is 17.7. The zero-order valence-corrected chi connectivity index (χ0v) is 22.8. The second-order valence-corrected chi connectivity index (χ2v) is 10.3. The van der Waals surface area contributed by atoms with Crippen LogP contribution >= 0.6 is 0 Å². The lowest BCUT2D eigenvalue weighted by Crippen LogP contribution is -2.34. The van der Waals surface area contributed by atoms with Gasteiger partial charge in [0.15, 0.2) is 28.6 Å². The van der Waals surface area contributed by atoms with Crippen LogP contribution < -0.4 is 14.2 Å². The highest BCUT2D eigenvalue weighted by molar-refractivity contribution is 6.26. The number of hydrogen-bond acceptors (Lipinski definition) is 7. The van der Waals surface area contributed by atoms with Gasteiger partial charge in [0.25, 0.3) is 0 Å². The van der Waals surface area contributed by atoms with E-state index in [1.54, 1.807) is 14.2 Å². The van der Waals surface area contributed by atoms with Gasteiger partial charge < -0.3 is 34.6 Å². The van der Waals surface area contributed by atoms with E-state index in [1.165, 1.54) is 24.3 Å². The second kappa shape index (κ2) is 9.24. The van der Waals surface area contributed by atoms with Gasteiger partial charge >= 0.3 is 0 Å². The van der Waals surface area contributed by atoms with E-state index in [0.29, 0.717) is 27.3 Å². The Morgan fingerprint density at radius 1 is 0.524 bits per heavy atom. The minimum Gasteiger partial charge on any atom is -0.504 e. The smallest absolute Gasteiger partial charge is 0.178 e. The van der Waals surface area contributed by atoms with Crippen molar-refractivity contribution in [2.24, 2.45) is 0 Å². The Balaban J connectivity index is 1.51. The van der Waals surface area contributed by atoms with Crippen molar-refractivity contribution < 1.29 is 34.6 Å². The predicted octanol–water partition coefficient (Wildman–Crippen LogP) is 7.34. The van der Waals surface area contributed by atoms with Crippen LogP contribution in [0.4, 0.5) is 0 Å². The molecule has 7 nitrogen and oxygen atoms in total. The van der Waals surface area contributed by atoms with E-state index in [0.717, 1.165) is 39.0 Å². The molecule has 0 spiro atoms. The quantitative estimate of drug-likeness (QED) is 0.132. The number of fused-ring (bicyclic) bond motifs is 7. The fraction of sp³-hybridized carbons (Fsp3) is 0.0857. The highest BCUT2D eigenvalue weighted by atomic mass is 16.5. The Kier molecular flexibility index (Phi) is 5.59. The first-order valence-corrected chi connectivity index (χ1v) is 13.3. The lowest BCUT2D eigenvalue weighted by Gasteiger charge is -2.36. The van der Waals surface area contributed by atoms with Crippen LogP contribution in [-0.2, 0) is 5.60 Å². The molecule has 1 heterocycles. The molecule has 0 amide bonds. The van der Waals surface area contributed by atoms with Gasteiger partial charge in [0, 0.05) is 16.7 Å². The number of phenolic OH excluding ortho intramolecular Hbond substituents is 4. The molecule has 0 radical (unpaired) electrons. The monoisotopic (exact) mass is 558 g/mol. The summed E-state index contributed by atoms with van der Waals surface area (Å²) in [5.41, 5.74) is 1.62. The highest BCUT2D eigenvalue weighted by Gasteiger charge is 2.37. The molecule has 0 aliphatic carbocycles. The normalized spacial score (nSPS) is 13.7. The molecule has 6 aromatic rings. The van der Waals surface area contributed by atoms with Crippen LogP contribution in [0.5, 0.6) is 40.2 Å². The van der Waals surface area contributed by atoms with E-state index in [4.69, 9.17) is 14.2 Å². The molecule has 1 aliphatic heterocycles. The first-order chi connectivity index (χ1) is 20.3. The van der Waals surface area contributed by atoms with Gasteiger partial charge in [0.2, 0.25) is 0 Å². The molecular formula is C35H26O7. The van der Waals surface area contributed by atoms with Crippen molar-refractivity contribution in [3.63, 3.8) is 0 Å². The number of ether oxygens (including phenoxy) is 3. The molecule has 0 unspecified atom stereocenters. The van der Waals surface area contributed by atoms with E-state index in [-0.39, 0.29) is 23.0 Å². The maximum Gasteiger partial charge on any atom is 0.178 e. The van der Waals surface area contributed by atoms with Crippen LogP contribution in [0.2, 0.25) is 0 Å². The Bertz CT molecular complexity index is 2010. The molecule has 7 heteroatoms. The molecular weight excluding hydrogens is 532 g/mol. The summed E-state index contributed by atoms with van der Waals surface area (Å²) in [6.45, 7) is 0. The lowest BCUT2D eigenvalue weighted by molar-refractivity contribution is 0.161. The maximum atomic E-state index is 10.4. The molecule has 4 N–H and O–H groups in total. The fourth-order valence-electron chi connectivity index (χ4n) is 5.87. The lowest BCUT2D eigenvalue weighted by atomic mass is 9.83. The van der Waals surface area contributed by atoms with Crippen molar-refractivity contribution in [3.05, 3.63) is 108 Å². The van der Waals surface area contributed by atoms with Crippen LogP contribution in [0.15, 0.2) is 91.0 Å². The van der Waals surface area contributed by atoms with Crippen molar-refractivity contribution in [2.75, 3.05) is 14.2 Å². The van der Waals surface area contributed by atoms with Gasteiger partial charge in [0.05, 0.1) is 14.2 Å². The van der Waals surface area contributed by atoms with E-state index in [9.17, 15) is 20.4 Å². The maximum absolute atomic E-state index is 10.4. The molecule has 0 atom stereocenters. The van der Waals surface area contributed by atoms with Crippen molar-refractivity contribution >= 4 is 38.4 Å². The number of phenols is 4. The summed E-state index contributed by atoms with van der Waals surface area (Å²) in [5, 5.41) is 45.6. The Morgan fingerprint density at radius 3 is 1.31 bits per heavy atom. The van der Waals surface area contributed by atoms with Gasteiger partial charge in [-0.25, -0.2) is 0 Å². The van der Waals surface area contributed by atoms with Crippen LogP contribution in [0, 0.1) is 0 Å². The third-order valence-electron chi connectivity index (χ3n) is 8.06. The third-order valence-corrected chi connectivity index (χ3v) is 8.06. The number of rotatable bonds is 4. The zero-order valence-electron chi connectivity index (χ0n) is 22.8. The first kappa shape index (κ1) is 25.4. The topological polar surface area (TPSA) is 109 Å². The summed E-state index contributed by atoms with van der Waals surface area (Å²) in [6.07, 6.45) is 4.03. The van der Waals surface area contributed by atoms with E-state index in [1.807, 2.05) is 72.8 Å². The molecule has 0 aromatic heterocycles. The first-order valence-electron chi connectivity index (χ1n) is 13.3. The van der Waals surface area contributed by atoms with E-state index in [2.05, 4.69) is 0 Å². The number of methoxy groups -OCH3 is 2. The SMILES string of the molecule is COc1ccc(C2(c3ccc(OC)cc3)C=Cc3cc4c5cc(O)c(O)cc5c5cc(O)c(O)cc5c4cc3O2)cc1. The molecule has 6 aromatic carbocycles. The van der Waals surface area contributed by atoms with Crippen LogP contribution in [0.25, 0.3) is 38.4 Å². The number of aromatic hydroxyl groups is 4. The van der Waals surface area contributed by atoms with E-state index < -0.39 is 5.60 Å². The molecule has 208 valence electrons. The predicted molar refractivity (Wildman–Crippen MR) is 162 cm³/mol. The largest absolute Gasteiger partial charge is 0.504 e.